The minimum Gasteiger partial charge on any atom is -0.872 e. The van der Waals surface area contributed by atoms with Crippen molar-refractivity contribution in [1.29, 1.82) is 0 Å². The largest absolute Gasteiger partial charge is 0.872 e. The van der Waals surface area contributed by atoms with Gasteiger partial charge in [-0.05, 0) is 12.1 Å². The summed E-state index contributed by atoms with van der Waals surface area (Å²) in [5.41, 5.74) is -0.391. The Bertz CT molecular complexity index is 383. The van der Waals surface area contributed by atoms with Crippen LogP contribution in [0.15, 0.2) is 18.2 Å². The third-order valence-corrected chi connectivity index (χ3v) is 1.63. The highest BCUT2D eigenvalue weighted by Crippen LogP contribution is 2.16. The fraction of sp³-hybridized carbons (Fsp3) is 0.111. The van der Waals surface area contributed by atoms with Crippen LogP contribution in [0.2, 0.25) is 0 Å². The standard InChI is InChI=1S/C9H8O5/c1-14-9(13)5-2-3-7(10)6(4-5)8(11)12/h2-4,10H,1H3,(H,11,12)/p-1. The van der Waals surface area contributed by atoms with Crippen molar-refractivity contribution in [2.75, 3.05) is 7.11 Å². The number of hydrogen-bond donors (Lipinski definition) is 1. The summed E-state index contributed by atoms with van der Waals surface area (Å²) in [5, 5.41) is 19.6. The van der Waals surface area contributed by atoms with Gasteiger partial charge in [0.15, 0.2) is 0 Å². The highest BCUT2D eigenvalue weighted by molar-refractivity contribution is 5.96. The molecule has 0 saturated heterocycles. The first-order chi connectivity index (χ1) is 6.56. The van der Waals surface area contributed by atoms with Gasteiger partial charge in [0.25, 0.3) is 0 Å². The van der Waals surface area contributed by atoms with E-state index in [4.69, 9.17) is 5.11 Å². The van der Waals surface area contributed by atoms with Gasteiger partial charge in [0.1, 0.15) is 0 Å². The second kappa shape index (κ2) is 3.78. The van der Waals surface area contributed by atoms with Crippen molar-refractivity contribution in [2.24, 2.45) is 0 Å². The maximum absolute atomic E-state index is 11.0. The predicted molar refractivity (Wildman–Crippen MR) is 44.2 cm³/mol. The molecule has 5 nitrogen and oxygen atoms in total. The van der Waals surface area contributed by atoms with Crippen molar-refractivity contribution < 1.29 is 24.5 Å². The van der Waals surface area contributed by atoms with Crippen molar-refractivity contribution >= 4 is 11.9 Å². The Balaban J connectivity index is 3.19. The number of methoxy groups -OCH3 is 1. The lowest BCUT2D eigenvalue weighted by Crippen LogP contribution is -2.08. The number of hydrogen-bond acceptors (Lipinski definition) is 4. The molecule has 0 saturated carbocycles. The molecule has 1 rings (SSSR count). The summed E-state index contributed by atoms with van der Waals surface area (Å²) in [7, 11) is 1.17. The third kappa shape index (κ3) is 1.82. The van der Waals surface area contributed by atoms with E-state index in [1.165, 1.54) is 13.2 Å². The summed E-state index contributed by atoms with van der Waals surface area (Å²) in [4.78, 5) is 21.5. The molecule has 5 heteroatoms. The SMILES string of the molecule is COC(=O)c1ccc([O-])c(C(=O)O)c1. The van der Waals surface area contributed by atoms with E-state index in [0.29, 0.717) is 0 Å². The number of carboxylic acid groups (broad SMARTS) is 1. The fourth-order valence-corrected chi connectivity index (χ4v) is 0.942. The van der Waals surface area contributed by atoms with E-state index in [0.717, 1.165) is 12.1 Å². The Hall–Kier alpha value is -2.04. The van der Waals surface area contributed by atoms with E-state index in [-0.39, 0.29) is 5.56 Å². The molecule has 1 aromatic carbocycles. The molecule has 0 spiro atoms. The molecule has 0 fully saturated rings. The number of esters is 1. The second-order valence-electron chi connectivity index (χ2n) is 2.51. The molecule has 0 heterocycles. The van der Waals surface area contributed by atoms with E-state index < -0.39 is 23.3 Å². The van der Waals surface area contributed by atoms with Crippen LogP contribution in [0.25, 0.3) is 0 Å². The van der Waals surface area contributed by atoms with E-state index in [1.54, 1.807) is 0 Å². The van der Waals surface area contributed by atoms with Crippen LogP contribution < -0.4 is 5.11 Å². The minimum atomic E-state index is -1.36. The maximum atomic E-state index is 11.0. The molecule has 74 valence electrons. The number of benzene rings is 1. The molecule has 0 bridgehead atoms. The average Bonchev–Trinajstić information content (AvgIpc) is 2.17. The third-order valence-electron chi connectivity index (χ3n) is 1.63. The lowest BCUT2D eigenvalue weighted by molar-refractivity contribution is -0.268. The predicted octanol–water partition coefficient (Wildman–Crippen LogP) is 0.245. The number of aromatic carboxylic acids is 1. The van der Waals surface area contributed by atoms with Gasteiger partial charge in [0.2, 0.25) is 0 Å². The molecule has 0 atom stereocenters. The molecular weight excluding hydrogens is 188 g/mol. The molecule has 1 aromatic rings. The number of carbonyl (C=O) groups excluding carboxylic acids is 1. The molecule has 0 radical (unpaired) electrons. The van der Waals surface area contributed by atoms with Gasteiger partial charge in [-0.2, -0.15) is 0 Å². The monoisotopic (exact) mass is 195 g/mol. The lowest BCUT2D eigenvalue weighted by Gasteiger charge is -2.10. The highest BCUT2D eigenvalue weighted by atomic mass is 16.5. The van der Waals surface area contributed by atoms with Crippen molar-refractivity contribution in [2.45, 2.75) is 0 Å². The van der Waals surface area contributed by atoms with Crippen LogP contribution in [0.5, 0.6) is 5.75 Å². The van der Waals surface area contributed by atoms with Crippen LogP contribution in [0.3, 0.4) is 0 Å². The van der Waals surface area contributed by atoms with Gasteiger partial charge in [-0.25, -0.2) is 9.59 Å². The number of rotatable bonds is 2. The number of ether oxygens (including phenoxy) is 1. The first kappa shape index (κ1) is 10.0. The molecule has 0 unspecified atom stereocenters. The van der Waals surface area contributed by atoms with Crippen LogP contribution in [0, 0.1) is 0 Å². The average molecular weight is 195 g/mol. The Labute approximate surface area is 79.6 Å². The summed E-state index contributed by atoms with van der Waals surface area (Å²) in [6.45, 7) is 0. The summed E-state index contributed by atoms with van der Waals surface area (Å²) in [6.07, 6.45) is 0. The first-order valence-electron chi connectivity index (χ1n) is 3.69. The molecule has 0 aromatic heterocycles. The minimum absolute atomic E-state index is 0.0458. The van der Waals surface area contributed by atoms with Gasteiger partial charge in [0, 0.05) is 0 Å². The molecule has 14 heavy (non-hydrogen) atoms. The van der Waals surface area contributed by atoms with Gasteiger partial charge in [-0.3, -0.25) is 0 Å². The van der Waals surface area contributed by atoms with Gasteiger partial charge in [-0.1, -0.05) is 11.8 Å². The quantitative estimate of drug-likeness (QED) is 0.683. The van der Waals surface area contributed by atoms with Crippen LogP contribution in [-0.2, 0) is 4.74 Å². The summed E-state index contributed by atoms with van der Waals surface area (Å²) in [6, 6.07) is 3.24. The Morgan fingerprint density at radius 1 is 1.43 bits per heavy atom. The summed E-state index contributed by atoms with van der Waals surface area (Å²) in [5.74, 6) is -2.67. The molecule has 1 N–H and O–H groups in total. The number of carbonyl (C=O) groups is 2. The van der Waals surface area contributed by atoms with Crippen LogP contribution in [0.1, 0.15) is 20.7 Å². The highest BCUT2D eigenvalue weighted by Gasteiger charge is 2.10. The normalized spacial score (nSPS) is 9.50. The molecule has 0 aliphatic rings. The maximum Gasteiger partial charge on any atom is 0.337 e. The van der Waals surface area contributed by atoms with Crippen molar-refractivity contribution in [3.05, 3.63) is 29.3 Å². The van der Waals surface area contributed by atoms with E-state index in [9.17, 15) is 14.7 Å². The number of carboxylic acids is 1. The van der Waals surface area contributed by atoms with E-state index in [2.05, 4.69) is 4.74 Å². The first-order valence-corrected chi connectivity index (χ1v) is 3.69. The van der Waals surface area contributed by atoms with Crippen molar-refractivity contribution in [3.8, 4) is 5.75 Å². The van der Waals surface area contributed by atoms with E-state index >= 15 is 0 Å². The zero-order valence-corrected chi connectivity index (χ0v) is 7.31. The van der Waals surface area contributed by atoms with Crippen molar-refractivity contribution in [3.63, 3.8) is 0 Å². The summed E-state index contributed by atoms with van der Waals surface area (Å²) >= 11 is 0. The van der Waals surface area contributed by atoms with Crippen LogP contribution >= 0.6 is 0 Å². The van der Waals surface area contributed by atoms with E-state index in [1.807, 2.05) is 0 Å². The molecular formula is C9H7O5-. The smallest absolute Gasteiger partial charge is 0.337 e. The van der Waals surface area contributed by atoms with Gasteiger partial charge in [-0.15, -0.1) is 0 Å². The Kier molecular flexibility index (Phi) is 2.71. The summed E-state index contributed by atoms with van der Waals surface area (Å²) < 4.78 is 4.38. The molecule has 0 amide bonds. The van der Waals surface area contributed by atoms with Crippen molar-refractivity contribution in [1.82, 2.24) is 0 Å². The topological polar surface area (TPSA) is 86.7 Å². The van der Waals surface area contributed by atoms with Gasteiger partial charge < -0.3 is 14.9 Å². The second-order valence-corrected chi connectivity index (χ2v) is 2.51. The van der Waals surface area contributed by atoms with Gasteiger partial charge >= 0.3 is 11.9 Å². The van der Waals surface area contributed by atoms with Crippen LogP contribution in [-0.4, -0.2) is 24.2 Å². The van der Waals surface area contributed by atoms with Crippen LogP contribution in [0.4, 0.5) is 0 Å². The molecule has 0 aliphatic heterocycles. The zero-order chi connectivity index (χ0) is 10.7. The van der Waals surface area contributed by atoms with Gasteiger partial charge in [0.05, 0.1) is 18.2 Å². The lowest BCUT2D eigenvalue weighted by atomic mass is 10.1. The molecule has 0 aliphatic carbocycles. The fourth-order valence-electron chi connectivity index (χ4n) is 0.942. The Morgan fingerprint density at radius 2 is 2.07 bits per heavy atom. The Morgan fingerprint density at radius 3 is 2.57 bits per heavy atom. The zero-order valence-electron chi connectivity index (χ0n) is 7.31.